The molecule has 2 aromatic carbocycles. The van der Waals surface area contributed by atoms with Crippen molar-refractivity contribution in [3.05, 3.63) is 70.6 Å². The van der Waals surface area contributed by atoms with E-state index < -0.39 is 0 Å². The number of halogens is 2. The average molecular weight is 317 g/mol. The molecule has 0 spiro atoms. The Morgan fingerprint density at radius 2 is 1.91 bits per heavy atom. The number of carbonyl (C=O) groups excluding carboxylic acids is 1. The zero-order chi connectivity index (χ0) is 15.5. The Labute approximate surface area is 132 Å². The van der Waals surface area contributed by atoms with Crippen LogP contribution in [0.4, 0.5) is 4.39 Å². The highest BCUT2D eigenvalue weighted by molar-refractivity contribution is 6.30. The number of hydrogen-bond acceptors (Lipinski definition) is 1. The van der Waals surface area contributed by atoms with Crippen LogP contribution >= 0.6 is 11.6 Å². The van der Waals surface area contributed by atoms with E-state index >= 15 is 0 Å². The number of nitrogens with one attached hydrogen (secondary N) is 2. The molecule has 0 aliphatic carbocycles. The van der Waals surface area contributed by atoms with Crippen LogP contribution in [0.2, 0.25) is 5.02 Å². The zero-order valence-electron chi connectivity index (χ0n) is 11.7. The molecule has 0 saturated heterocycles. The lowest BCUT2D eigenvalue weighted by atomic mass is 10.1. The maximum absolute atomic E-state index is 13.1. The van der Waals surface area contributed by atoms with Gasteiger partial charge in [0.05, 0.1) is 0 Å². The van der Waals surface area contributed by atoms with Crippen LogP contribution in [0.3, 0.4) is 0 Å². The minimum atomic E-state index is -0.330. The first-order valence-electron chi connectivity index (χ1n) is 6.93. The fourth-order valence-electron chi connectivity index (χ4n) is 2.29. The molecule has 0 aliphatic rings. The summed E-state index contributed by atoms with van der Waals surface area (Å²) in [5, 5.41) is 4.34. The van der Waals surface area contributed by atoms with Gasteiger partial charge in [-0.05, 0) is 48.4 Å². The second-order valence-electron chi connectivity index (χ2n) is 5.05. The van der Waals surface area contributed by atoms with E-state index in [0.717, 1.165) is 17.4 Å². The van der Waals surface area contributed by atoms with E-state index in [1.54, 1.807) is 12.1 Å². The topological polar surface area (TPSA) is 44.9 Å². The number of hydrogen-bond donors (Lipinski definition) is 2. The summed E-state index contributed by atoms with van der Waals surface area (Å²) in [4.78, 5) is 15.0. The van der Waals surface area contributed by atoms with E-state index in [-0.39, 0.29) is 11.7 Å². The SMILES string of the molecule is O=C(NCCc1ccc(Cl)cc1)c1cc2ccc(F)cc2[nH]1. The lowest BCUT2D eigenvalue weighted by Crippen LogP contribution is -2.25. The first-order chi connectivity index (χ1) is 10.6. The first-order valence-corrected chi connectivity index (χ1v) is 7.30. The van der Waals surface area contributed by atoms with Crippen molar-refractivity contribution < 1.29 is 9.18 Å². The number of benzene rings is 2. The monoisotopic (exact) mass is 316 g/mol. The van der Waals surface area contributed by atoms with Gasteiger partial charge in [0.2, 0.25) is 0 Å². The van der Waals surface area contributed by atoms with Crippen LogP contribution in [-0.2, 0) is 6.42 Å². The number of aromatic nitrogens is 1. The summed E-state index contributed by atoms with van der Waals surface area (Å²) in [6.45, 7) is 0.518. The fourth-order valence-corrected chi connectivity index (χ4v) is 2.41. The second-order valence-corrected chi connectivity index (χ2v) is 5.48. The summed E-state index contributed by atoms with van der Waals surface area (Å²) in [5.74, 6) is -0.533. The molecule has 3 nitrogen and oxygen atoms in total. The zero-order valence-corrected chi connectivity index (χ0v) is 12.5. The van der Waals surface area contributed by atoms with Crippen molar-refractivity contribution in [3.8, 4) is 0 Å². The molecule has 112 valence electrons. The number of rotatable bonds is 4. The fraction of sp³-hybridized carbons (Fsp3) is 0.118. The maximum atomic E-state index is 13.1. The molecule has 0 fully saturated rings. The molecule has 1 amide bonds. The molecule has 2 N–H and O–H groups in total. The van der Waals surface area contributed by atoms with E-state index in [9.17, 15) is 9.18 Å². The van der Waals surface area contributed by atoms with Crippen LogP contribution in [0.15, 0.2) is 48.5 Å². The van der Waals surface area contributed by atoms with E-state index in [1.165, 1.54) is 12.1 Å². The minimum Gasteiger partial charge on any atom is -0.350 e. The Kier molecular flexibility index (Phi) is 4.11. The van der Waals surface area contributed by atoms with Gasteiger partial charge in [0.25, 0.3) is 5.91 Å². The van der Waals surface area contributed by atoms with Crippen LogP contribution in [0.25, 0.3) is 10.9 Å². The molecular formula is C17H14ClFN2O. The van der Waals surface area contributed by atoms with Gasteiger partial charge in [-0.3, -0.25) is 4.79 Å². The highest BCUT2D eigenvalue weighted by atomic mass is 35.5. The van der Waals surface area contributed by atoms with Crippen LogP contribution in [0.1, 0.15) is 16.1 Å². The van der Waals surface area contributed by atoms with Crippen LogP contribution in [0.5, 0.6) is 0 Å². The summed E-state index contributed by atoms with van der Waals surface area (Å²) in [6.07, 6.45) is 0.720. The molecule has 0 unspecified atom stereocenters. The Morgan fingerprint density at radius 1 is 1.14 bits per heavy atom. The minimum absolute atomic E-state index is 0.203. The summed E-state index contributed by atoms with van der Waals surface area (Å²) >= 11 is 5.83. The average Bonchev–Trinajstić information content (AvgIpc) is 2.92. The van der Waals surface area contributed by atoms with E-state index in [1.807, 2.05) is 24.3 Å². The van der Waals surface area contributed by atoms with Crippen molar-refractivity contribution in [3.63, 3.8) is 0 Å². The van der Waals surface area contributed by atoms with Crippen molar-refractivity contribution in [2.45, 2.75) is 6.42 Å². The smallest absolute Gasteiger partial charge is 0.267 e. The Bertz CT molecular complexity index is 811. The standard InChI is InChI=1S/C17H14ClFN2O/c18-13-4-1-11(2-5-13)7-8-20-17(22)16-9-12-3-6-14(19)10-15(12)21-16/h1-6,9-10,21H,7-8H2,(H,20,22). The second kappa shape index (κ2) is 6.20. The number of fused-ring (bicyclic) bond motifs is 1. The molecular weight excluding hydrogens is 303 g/mol. The van der Waals surface area contributed by atoms with Crippen molar-refractivity contribution in [1.82, 2.24) is 10.3 Å². The lowest BCUT2D eigenvalue weighted by molar-refractivity contribution is 0.0950. The van der Waals surface area contributed by atoms with Crippen LogP contribution < -0.4 is 5.32 Å². The molecule has 0 aliphatic heterocycles. The third-order valence-electron chi connectivity index (χ3n) is 3.44. The quantitative estimate of drug-likeness (QED) is 0.752. The molecule has 22 heavy (non-hydrogen) atoms. The van der Waals surface area contributed by atoms with Gasteiger partial charge in [-0.25, -0.2) is 4.39 Å². The molecule has 0 saturated carbocycles. The molecule has 0 radical (unpaired) electrons. The van der Waals surface area contributed by atoms with Crippen molar-refractivity contribution >= 4 is 28.4 Å². The number of carbonyl (C=O) groups is 1. The van der Waals surface area contributed by atoms with Gasteiger partial charge in [-0.2, -0.15) is 0 Å². The van der Waals surface area contributed by atoms with Gasteiger partial charge < -0.3 is 10.3 Å². The normalized spacial score (nSPS) is 10.8. The van der Waals surface area contributed by atoms with E-state index in [2.05, 4.69) is 10.3 Å². The summed E-state index contributed by atoms with van der Waals surface area (Å²) in [5.41, 5.74) is 2.14. The highest BCUT2D eigenvalue weighted by Gasteiger charge is 2.09. The lowest BCUT2D eigenvalue weighted by Gasteiger charge is -2.04. The Hall–Kier alpha value is -2.33. The van der Waals surface area contributed by atoms with Crippen molar-refractivity contribution in [2.24, 2.45) is 0 Å². The molecule has 0 atom stereocenters. The maximum Gasteiger partial charge on any atom is 0.267 e. The number of aromatic amines is 1. The molecule has 1 aromatic heterocycles. The molecule has 5 heteroatoms. The largest absolute Gasteiger partial charge is 0.350 e. The van der Waals surface area contributed by atoms with Crippen LogP contribution in [0, 0.1) is 5.82 Å². The van der Waals surface area contributed by atoms with Gasteiger partial charge in [0.1, 0.15) is 11.5 Å². The summed E-state index contributed by atoms with van der Waals surface area (Å²) in [6, 6.07) is 13.6. The third-order valence-corrected chi connectivity index (χ3v) is 3.69. The predicted octanol–water partition coefficient (Wildman–Crippen LogP) is 3.93. The molecule has 0 bridgehead atoms. The summed E-state index contributed by atoms with van der Waals surface area (Å²) < 4.78 is 13.1. The van der Waals surface area contributed by atoms with Gasteiger partial charge in [-0.1, -0.05) is 23.7 Å². The molecule has 3 aromatic rings. The Balaban J connectivity index is 1.62. The van der Waals surface area contributed by atoms with Crippen molar-refractivity contribution in [2.75, 3.05) is 6.54 Å². The van der Waals surface area contributed by atoms with E-state index in [4.69, 9.17) is 11.6 Å². The van der Waals surface area contributed by atoms with E-state index in [0.29, 0.717) is 22.8 Å². The molecule has 1 heterocycles. The Morgan fingerprint density at radius 3 is 2.68 bits per heavy atom. The highest BCUT2D eigenvalue weighted by Crippen LogP contribution is 2.16. The molecule has 3 rings (SSSR count). The third kappa shape index (κ3) is 3.28. The predicted molar refractivity (Wildman–Crippen MR) is 85.7 cm³/mol. The first kappa shape index (κ1) is 14.6. The number of H-pyrrole nitrogens is 1. The summed E-state index contributed by atoms with van der Waals surface area (Å²) in [7, 11) is 0. The van der Waals surface area contributed by atoms with Gasteiger partial charge in [0, 0.05) is 22.5 Å². The van der Waals surface area contributed by atoms with Gasteiger partial charge in [0.15, 0.2) is 0 Å². The van der Waals surface area contributed by atoms with Gasteiger partial charge in [-0.15, -0.1) is 0 Å². The number of amides is 1. The van der Waals surface area contributed by atoms with Crippen LogP contribution in [-0.4, -0.2) is 17.4 Å². The van der Waals surface area contributed by atoms with Crippen molar-refractivity contribution in [1.29, 1.82) is 0 Å². The van der Waals surface area contributed by atoms with Gasteiger partial charge >= 0.3 is 0 Å².